The standard InChI is InChI=1S/C11H22N2O2/c1-2-3-9-15-10-8-13-11(14)6-4-5-7-12/h2H,1,3-10,12H2,(H,13,14). The maximum absolute atomic E-state index is 11.2. The average Bonchev–Trinajstić information content (AvgIpc) is 2.23. The summed E-state index contributed by atoms with van der Waals surface area (Å²) in [7, 11) is 0. The van der Waals surface area contributed by atoms with Gasteiger partial charge in [0.1, 0.15) is 0 Å². The first-order valence-electron chi connectivity index (χ1n) is 5.46. The lowest BCUT2D eigenvalue weighted by Crippen LogP contribution is -2.27. The van der Waals surface area contributed by atoms with Gasteiger partial charge in [0, 0.05) is 13.0 Å². The van der Waals surface area contributed by atoms with E-state index >= 15 is 0 Å². The number of amides is 1. The molecule has 0 fully saturated rings. The fourth-order valence-corrected chi connectivity index (χ4v) is 1.05. The molecule has 0 atom stereocenters. The maximum atomic E-state index is 11.2. The lowest BCUT2D eigenvalue weighted by Gasteiger charge is -2.05. The summed E-state index contributed by atoms with van der Waals surface area (Å²) in [5, 5.41) is 2.79. The van der Waals surface area contributed by atoms with E-state index in [0.29, 0.717) is 32.7 Å². The van der Waals surface area contributed by atoms with Crippen LogP contribution in [0.2, 0.25) is 0 Å². The van der Waals surface area contributed by atoms with Gasteiger partial charge >= 0.3 is 0 Å². The minimum Gasteiger partial charge on any atom is -0.379 e. The second-order valence-electron chi connectivity index (χ2n) is 3.29. The molecular weight excluding hydrogens is 192 g/mol. The van der Waals surface area contributed by atoms with Gasteiger partial charge in [-0.2, -0.15) is 0 Å². The molecule has 0 bridgehead atoms. The van der Waals surface area contributed by atoms with Crippen LogP contribution in [-0.4, -0.2) is 32.2 Å². The summed E-state index contributed by atoms with van der Waals surface area (Å²) in [6.07, 6.45) is 4.99. The van der Waals surface area contributed by atoms with Gasteiger partial charge in [0.05, 0.1) is 13.2 Å². The molecule has 0 aliphatic heterocycles. The Balaban J connectivity index is 3.13. The van der Waals surface area contributed by atoms with Gasteiger partial charge in [-0.05, 0) is 25.8 Å². The van der Waals surface area contributed by atoms with Crippen molar-refractivity contribution in [1.82, 2.24) is 5.32 Å². The number of rotatable bonds is 10. The van der Waals surface area contributed by atoms with Crippen molar-refractivity contribution in [3.63, 3.8) is 0 Å². The Morgan fingerprint density at radius 3 is 2.87 bits per heavy atom. The lowest BCUT2D eigenvalue weighted by atomic mass is 10.2. The Hall–Kier alpha value is -0.870. The summed E-state index contributed by atoms with van der Waals surface area (Å²) < 4.78 is 5.24. The van der Waals surface area contributed by atoms with Crippen molar-refractivity contribution in [3.05, 3.63) is 12.7 Å². The molecule has 3 N–H and O–H groups in total. The number of unbranched alkanes of at least 4 members (excludes halogenated alkanes) is 1. The summed E-state index contributed by atoms with van der Waals surface area (Å²) in [6, 6.07) is 0. The van der Waals surface area contributed by atoms with Gasteiger partial charge in [0.25, 0.3) is 0 Å². The second-order valence-corrected chi connectivity index (χ2v) is 3.29. The maximum Gasteiger partial charge on any atom is 0.220 e. The molecule has 0 radical (unpaired) electrons. The molecule has 4 heteroatoms. The van der Waals surface area contributed by atoms with E-state index in [0.717, 1.165) is 19.3 Å². The van der Waals surface area contributed by atoms with E-state index in [4.69, 9.17) is 10.5 Å². The normalized spacial score (nSPS) is 9.93. The van der Waals surface area contributed by atoms with Crippen LogP contribution >= 0.6 is 0 Å². The van der Waals surface area contributed by atoms with E-state index in [-0.39, 0.29) is 5.91 Å². The van der Waals surface area contributed by atoms with E-state index in [1.807, 2.05) is 6.08 Å². The highest BCUT2D eigenvalue weighted by Crippen LogP contribution is 1.92. The minimum atomic E-state index is 0.0794. The van der Waals surface area contributed by atoms with Crippen LogP contribution in [0.5, 0.6) is 0 Å². The Morgan fingerprint density at radius 1 is 1.40 bits per heavy atom. The molecule has 0 heterocycles. The number of carbonyl (C=O) groups excluding carboxylic acids is 1. The molecule has 0 saturated heterocycles. The highest BCUT2D eigenvalue weighted by molar-refractivity contribution is 5.75. The molecule has 0 aromatic carbocycles. The quantitative estimate of drug-likeness (QED) is 0.418. The molecule has 0 aromatic heterocycles. The molecule has 15 heavy (non-hydrogen) atoms. The Bertz CT molecular complexity index is 172. The molecule has 4 nitrogen and oxygen atoms in total. The predicted octanol–water partition coefficient (Wildman–Crippen LogP) is 0.824. The van der Waals surface area contributed by atoms with Crippen LogP contribution in [0.3, 0.4) is 0 Å². The zero-order chi connectivity index (χ0) is 11.4. The SMILES string of the molecule is C=CCCOCCNC(=O)CCCCN. The van der Waals surface area contributed by atoms with Crippen molar-refractivity contribution in [2.45, 2.75) is 25.7 Å². The fraction of sp³-hybridized carbons (Fsp3) is 0.727. The summed E-state index contributed by atoms with van der Waals surface area (Å²) in [4.78, 5) is 11.2. The van der Waals surface area contributed by atoms with Gasteiger partial charge in [-0.25, -0.2) is 0 Å². The Kier molecular flexibility index (Phi) is 10.6. The molecule has 0 aliphatic carbocycles. The van der Waals surface area contributed by atoms with Crippen molar-refractivity contribution in [2.24, 2.45) is 5.73 Å². The average molecular weight is 214 g/mol. The van der Waals surface area contributed by atoms with Crippen LogP contribution in [0.4, 0.5) is 0 Å². The smallest absolute Gasteiger partial charge is 0.220 e. The molecule has 88 valence electrons. The summed E-state index contributed by atoms with van der Waals surface area (Å²) in [5.41, 5.74) is 5.32. The third-order valence-electron chi connectivity index (χ3n) is 1.89. The van der Waals surface area contributed by atoms with Crippen molar-refractivity contribution >= 4 is 5.91 Å². The number of nitrogens with two attached hydrogens (primary N) is 1. The van der Waals surface area contributed by atoms with Crippen molar-refractivity contribution < 1.29 is 9.53 Å². The monoisotopic (exact) mass is 214 g/mol. The third kappa shape index (κ3) is 11.1. The van der Waals surface area contributed by atoms with Crippen LogP contribution in [0.15, 0.2) is 12.7 Å². The molecule has 0 spiro atoms. The van der Waals surface area contributed by atoms with Crippen LogP contribution in [-0.2, 0) is 9.53 Å². The summed E-state index contributed by atoms with van der Waals surface area (Å²) in [6.45, 7) is 6.06. The van der Waals surface area contributed by atoms with Crippen LogP contribution in [0.25, 0.3) is 0 Å². The number of hydrogen-bond acceptors (Lipinski definition) is 3. The first-order valence-corrected chi connectivity index (χ1v) is 5.46. The van der Waals surface area contributed by atoms with Gasteiger partial charge in [-0.15, -0.1) is 6.58 Å². The first kappa shape index (κ1) is 14.1. The molecule has 0 saturated carbocycles. The first-order chi connectivity index (χ1) is 7.31. The number of hydrogen-bond donors (Lipinski definition) is 2. The molecule has 0 unspecified atom stereocenters. The highest BCUT2D eigenvalue weighted by atomic mass is 16.5. The Labute approximate surface area is 91.9 Å². The Morgan fingerprint density at radius 2 is 2.20 bits per heavy atom. The van der Waals surface area contributed by atoms with Crippen LogP contribution < -0.4 is 11.1 Å². The van der Waals surface area contributed by atoms with Crippen molar-refractivity contribution in [3.8, 4) is 0 Å². The van der Waals surface area contributed by atoms with E-state index in [9.17, 15) is 4.79 Å². The molecule has 0 aliphatic rings. The zero-order valence-corrected chi connectivity index (χ0v) is 9.34. The molecule has 1 amide bonds. The largest absolute Gasteiger partial charge is 0.379 e. The molecule has 0 aromatic rings. The predicted molar refractivity (Wildman–Crippen MR) is 61.5 cm³/mol. The van der Waals surface area contributed by atoms with Crippen LogP contribution in [0.1, 0.15) is 25.7 Å². The van der Waals surface area contributed by atoms with Gasteiger partial charge in [0.2, 0.25) is 5.91 Å². The topological polar surface area (TPSA) is 64.3 Å². The fourth-order valence-electron chi connectivity index (χ4n) is 1.05. The van der Waals surface area contributed by atoms with Gasteiger partial charge in [0.15, 0.2) is 0 Å². The zero-order valence-electron chi connectivity index (χ0n) is 9.34. The molecule has 0 rings (SSSR count). The van der Waals surface area contributed by atoms with Crippen LogP contribution in [0, 0.1) is 0 Å². The number of nitrogens with one attached hydrogen (secondary N) is 1. The van der Waals surface area contributed by atoms with Gasteiger partial charge < -0.3 is 15.8 Å². The summed E-state index contributed by atoms with van der Waals surface area (Å²) >= 11 is 0. The highest BCUT2D eigenvalue weighted by Gasteiger charge is 1.98. The summed E-state index contributed by atoms with van der Waals surface area (Å²) in [5.74, 6) is 0.0794. The van der Waals surface area contributed by atoms with Crippen molar-refractivity contribution in [1.29, 1.82) is 0 Å². The van der Waals surface area contributed by atoms with E-state index in [1.54, 1.807) is 0 Å². The van der Waals surface area contributed by atoms with E-state index in [1.165, 1.54) is 0 Å². The lowest BCUT2D eigenvalue weighted by molar-refractivity contribution is -0.121. The van der Waals surface area contributed by atoms with E-state index < -0.39 is 0 Å². The van der Waals surface area contributed by atoms with Crippen molar-refractivity contribution in [2.75, 3.05) is 26.3 Å². The second kappa shape index (κ2) is 11.2. The number of carbonyl (C=O) groups is 1. The minimum absolute atomic E-state index is 0.0794. The number of ether oxygens (including phenoxy) is 1. The third-order valence-corrected chi connectivity index (χ3v) is 1.89. The van der Waals surface area contributed by atoms with E-state index in [2.05, 4.69) is 11.9 Å². The molecular formula is C11H22N2O2. The van der Waals surface area contributed by atoms with Gasteiger partial charge in [-0.1, -0.05) is 6.08 Å². The van der Waals surface area contributed by atoms with Gasteiger partial charge in [-0.3, -0.25) is 4.79 Å².